The Balaban J connectivity index is 1.89. The zero-order chi connectivity index (χ0) is 14.1. The van der Waals surface area contributed by atoms with Gasteiger partial charge < -0.3 is 9.63 Å². The van der Waals surface area contributed by atoms with Gasteiger partial charge in [0.15, 0.2) is 0 Å². The first kappa shape index (κ1) is 13.7. The van der Waals surface area contributed by atoms with Gasteiger partial charge in [-0.3, -0.25) is 0 Å². The van der Waals surface area contributed by atoms with Gasteiger partial charge in [0.25, 0.3) is 0 Å². The third-order valence-electron chi connectivity index (χ3n) is 3.61. The lowest BCUT2D eigenvalue weighted by Gasteiger charge is -2.24. The fraction of sp³-hybridized carbons (Fsp3) is 0.429. The maximum Gasteiger partial charge on any atom is 0.232 e. The Morgan fingerprint density at radius 1 is 1.25 bits per heavy atom. The number of benzene rings is 1. The molecule has 20 heavy (non-hydrogen) atoms. The number of nitrogens with zero attached hydrogens (tertiary/aromatic N) is 2. The van der Waals surface area contributed by atoms with Crippen LogP contribution in [0.3, 0.4) is 0 Å². The van der Waals surface area contributed by atoms with Crippen molar-refractivity contribution < 1.29 is 14.0 Å². The van der Waals surface area contributed by atoms with Crippen LogP contribution in [0.5, 0.6) is 0 Å². The van der Waals surface area contributed by atoms with E-state index in [0.29, 0.717) is 21.8 Å². The molecule has 106 valence electrons. The van der Waals surface area contributed by atoms with Crippen LogP contribution in [0.1, 0.15) is 37.5 Å². The molecule has 1 heterocycles. The van der Waals surface area contributed by atoms with E-state index in [4.69, 9.17) is 4.52 Å². The van der Waals surface area contributed by atoms with Crippen LogP contribution in [0.4, 0.5) is 4.39 Å². The van der Waals surface area contributed by atoms with Crippen LogP contribution in [0.15, 0.2) is 27.2 Å². The summed E-state index contributed by atoms with van der Waals surface area (Å²) in [7, 11) is 0. The summed E-state index contributed by atoms with van der Waals surface area (Å²) in [5.41, 5.74) is 0.553. The van der Waals surface area contributed by atoms with E-state index < -0.39 is 6.10 Å². The van der Waals surface area contributed by atoms with Crippen molar-refractivity contribution in [2.75, 3.05) is 0 Å². The summed E-state index contributed by atoms with van der Waals surface area (Å²) in [6.07, 6.45) is 3.24. The van der Waals surface area contributed by atoms with Gasteiger partial charge in [-0.1, -0.05) is 33.9 Å². The molecule has 3 rings (SSSR count). The van der Waals surface area contributed by atoms with Crippen LogP contribution in [-0.2, 0) is 0 Å². The van der Waals surface area contributed by atoms with E-state index in [1.54, 1.807) is 6.07 Å². The summed E-state index contributed by atoms with van der Waals surface area (Å²) >= 11 is 3.24. The lowest BCUT2D eigenvalue weighted by Crippen LogP contribution is -2.22. The molecule has 0 bridgehead atoms. The van der Waals surface area contributed by atoms with Crippen LogP contribution < -0.4 is 0 Å². The van der Waals surface area contributed by atoms with Crippen LogP contribution in [0, 0.1) is 5.82 Å². The van der Waals surface area contributed by atoms with Crippen LogP contribution in [-0.4, -0.2) is 21.4 Å². The second-order valence-electron chi connectivity index (χ2n) is 5.07. The number of aliphatic hydroxyl groups is 1. The molecule has 0 radical (unpaired) electrons. The summed E-state index contributed by atoms with van der Waals surface area (Å²) in [6.45, 7) is 0. The molecule has 6 heteroatoms. The summed E-state index contributed by atoms with van der Waals surface area (Å²) in [6, 6.07) is 4.46. The van der Waals surface area contributed by atoms with Crippen molar-refractivity contribution >= 4 is 15.9 Å². The highest BCUT2D eigenvalue weighted by molar-refractivity contribution is 9.10. The van der Waals surface area contributed by atoms with Gasteiger partial charge in [-0.25, -0.2) is 4.39 Å². The Morgan fingerprint density at radius 3 is 2.80 bits per heavy atom. The molecule has 1 N–H and O–H groups in total. The molecule has 1 aromatic carbocycles. The first-order chi connectivity index (χ1) is 9.63. The van der Waals surface area contributed by atoms with Crippen molar-refractivity contribution in [3.05, 3.63) is 34.4 Å². The third-order valence-corrected chi connectivity index (χ3v) is 4.07. The van der Waals surface area contributed by atoms with Crippen molar-refractivity contribution in [3.8, 4) is 11.4 Å². The number of aliphatic hydroxyl groups excluding tert-OH is 1. The molecule has 4 nitrogen and oxygen atoms in total. The van der Waals surface area contributed by atoms with Gasteiger partial charge in [-0.15, -0.1) is 0 Å². The molecule has 2 unspecified atom stereocenters. The number of hydrogen-bond acceptors (Lipinski definition) is 4. The van der Waals surface area contributed by atoms with Gasteiger partial charge in [0.1, 0.15) is 5.82 Å². The Hall–Kier alpha value is -1.27. The number of halogens is 2. The Morgan fingerprint density at radius 2 is 2.05 bits per heavy atom. The van der Waals surface area contributed by atoms with Gasteiger partial charge in [-0.05, 0) is 31.0 Å². The third kappa shape index (κ3) is 2.76. The molecule has 2 aromatic rings. The molecule has 1 aromatic heterocycles. The maximum absolute atomic E-state index is 13.4. The molecule has 0 aliphatic heterocycles. The predicted octanol–water partition coefficient (Wildman–Crippen LogP) is 3.66. The van der Waals surface area contributed by atoms with E-state index in [2.05, 4.69) is 26.1 Å². The molecule has 1 aliphatic carbocycles. The average Bonchev–Trinajstić information content (AvgIpc) is 2.87. The van der Waals surface area contributed by atoms with Gasteiger partial charge in [-0.2, -0.15) is 4.98 Å². The number of rotatable bonds is 2. The van der Waals surface area contributed by atoms with Crippen molar-refractivity contribution in [2.24, 2.45) is 0 Å². The lowest BCUT2D eigenvalue weighted by atomic mass is 9.86. The second kappa shape index (κ2) is 5.61. The van der Waals surface area contributed by atoms with E-state index in [1.807, 2.05) is 0 Å². The number of hydrogen-bond donors (Lipinski definition) is 1. The van der Waals surface area contributed by atoms with Crippen LogP contribution >= 0.6 is 15.9 Å². The highest BCUT2D eigenvalue weighted by Gasteiger charge is 2.29. The molecule has 2 atom stereocenters. The molecule has 0 saturated heterocycles. The Kier molecular flexibility index (Phi) is 3.85. The average molecular weight is 341 g/mol. The van der Waals surface area contributed by atoms with E-state index in [0.717, 1.165) is 25.7 Å². The standard InChI is InChI=1S/C14H14BrFN2O2/c15-9-5-8(6-10(16)7-9)13-17-14(20-18-13)11-3-1-2-4-12(11)19/h5-7,11-12,19H,1-4H2. The summed E-state index contributed by atoms with van der Waals surface area (Å²) in [5.74, 6) is 0.311. The molecule has 1 fully saturated rings. The zero-order valence-electron chi connectivity index (χ0n) is 10.7. The summed E-state index contributed by atoms with van der Waals surface area (Å²) in [4.78, 5) is 4.31. The summed E-state index contributed by atoms with van der Waals surface area (Å²) in [5, 5.41) is 13.9. The van der Waals surface area contributed by atoms with Gasteiger partial charge in [0.05, 0.1) is 12.0 Å². The first-order valence-electron chi connectivity index (χ1n) is 6.61. The molecular formula is C14H14BrFN2O2. The zero-order valence-corrected chi connectivity index (χ0v) is 12.3. The highest BCUT2D eigenvalue weighted by Crippen LogP contribution is 2.33. The van der Waals surface area contributed by atoms with Crippen molar-refractivity contribution in [1.29, 1.82) is 0 Å². The normalized spacial score (nSPS) is 22.9. The topological polar surface area (TPSA) is 59.2 Å². The van der Waals surface area contributed by atoms with E-state index in [-0.39, 0.29) is 11.7 Å². The highest BCUT2D eigenvalue weighted by atomic mass is 79.9. The SMILES string of the molecule is OC1CCCCC1c1nc(-c2cc(F)cc(Br)c2)no1. The lowest BCUT2D eigenvalue weighted by molar-refractivity contribution is 0.0908. The van der Waals surface area contributed by atoms with E-state index in [1.165, 1.54) is 12.1 Å². The first-order valence-corrected chi connectivity index (χ1v) is 7.41. The fourth-order valence-electron chi connectivity index (χ4n) is 2.59. The van der Waals surface area contributed by atoms with Crippen molar-refractivity contribution in [2.45, 2.75) is 37.7 Å². The number of aromatic nitrogens is 2. The monoisotopic (exact) mass is 340 g/mol. The van der Waals surface area contributed by atoms with Crippen molar-refractivity contribution in [1.82, 2.24) is 10.1 Å². The van der Waals surface area contributed by atoms with Gasteiger partial charge >= 0.3 is 0 Å². The summed E-state index contributed by atoms with van der Waals surface area (Å²) < 4.78 is 19.3. The Labute approximate surface area is 124 Å². The maximum atomic E-state index is 13.4. The predicted molar refractivity (Wildman–Crippen MR) is 74.6 cm³/mol. The molecule has 1 saturated carbocycles. The minimum Gasteiger partial charge on any atom is -0.392 e. The fourth-order valence-corrected chi connectivity index (χ4v) is 3.05. The van der Waals surface area contributed by atoms with E-state index in [9.17, 15) is 9.50 Å². The van der Waals surface area contributed by atoms with Crippen LogP contribution in [0.25, 0.3) is 11.4 Å². The minimum atomic E-state index is -0.434. The van der Waals surface area contributed by atoms with Gasteiger partial charge in [0, 0.05) is 10.0 Å². The molecule has 0 amide bonds. The second-order valence-corrected chi connectivity index (χ2v) is 5.99. The minimum absolute atomic E-state index is 0.109. The molecule has 0 spiro atoms. The Bertz CT molecular complexity index is 597. The van der Waals surface area contributed by atoms with Gasteiger partial charge in [0.2, 0.25) is 11.7 Å². The van der Waals surface area contributed by atoms with Crippen molar-refractivity contribution in [3.63, 3.8) is 0 Å². The largest absolute Gasteiger partial charge is 0.392 e. The molecule has 1 aliphatic rings. The smallest absolute Gasteiger partial charge is 0.232 e. The molecular weight excluding hydrogens is 327 g/mol. The quantitative estimate of drug-likeness (QED) is 0.906. The van der Waals surface area contributed by atoms with E-state index >= 15 is 0 Å². The van der Waals surface area contributed by atoms with Crippen LogP contribution in [0.2, 0.25) is 0 Å².